The molecule has 1 heterocycles. The Hall–Kier alpha value is -0.830. The third-order valence-corrected chi connectivity index (χ3v) is 3.88. The molecule has 1 aliphatic heterocycles. The van der Waals surface area contributed by atoms with Crippen molar-refractivity contribution in [3.8, 4) is 0 Å². The van der Waals surface area contributed by atoms with Crippen LogP contribution in [0.5, 0.6) is 0 Å². The van der Waals surface area contributed by atoms with Gasteiger partial charge in [0, 0.05) is 18.5 Å². The summed E-state index contributed by atoms with van der Waals surface area (Å²) in [5.41, 5.74) is 0.594. The number of rotatable bonds is 2. The van der Waals surface area contributed by atoms with E-state index >= 15 is 0 Å². The molecule has 0 aliphatic carbocycles. The van der Waals surface area contributed by atoms with Crippen molar-refractivity contribution in [2.45, 2.75) is 44.5 Å². The molecule has 1 nitrogen and oxygen atoms in total. The number of hydrogen-bond donors (Lipinski definition) is 0. The average Bonchev–Trinajstić information content (AvgIpc) is 2.54. The highest BCUT2D eigenvalue weighted by atomic mass is 35.5. The Morgan fingerprint density at radius 1 is 1.22 bits per heavy atom. The largest absolute Gasteiger partial charge is 0.364 e. The molecule has 1 aromatic rings. The second-order valence-corrected chi connectivity index (χ2v) is 5.20. The van der Waals surface area contributed by atoms with Crippen molar-refractivity contribution in [1.82, 2.24) is 0 Å². The molecule has 0 saturated carbocycles. The molecule has 0 amide bonds. The Balaban J connectivity index is 2.36. The molecule has 0 spiro atoms. The zero-order chi connectivity index (χ0) is 13.1. The van der Waals surface area contributed by atoms with Gasteiger partial charge in [0.2, 0.25) is 0 Å². The maximum absolute atomic E-state index is 14.0. The first kappa shape index (κ1) is 13.6. The van der Waals surface area contributed by atoms with Gasteiger partial charge < -0.3 is 4.90 Å². The van der Waals surface area contributed by atoms with E-state index in [1.54, 1.807) is 0 Å². The predicted molar refractivity (Wildman–Crippen MR) is 71.2 cm³/mol. The van der Waals surface area contributed by atoms with Crippen LogP contribution in [0.2, 0.25) is 0 Å². The zero-order valence-corrected chi connectivity index (χ0v) is 11.3. The highest BCUT2D eigenvalue weighted by molar-refractivity contribution is 6.17. The first-order chi connectivity index (χ1) is 8.63. The molecule has 2 rings (SSSR count). The van der Waals surface area contributed by atoms with Crippen LogP contribution < -0.4 is 4.90 Å². The lowest BCUT2D eigenvalue weighted by Gasteiger charge is -2.30. The summed E-state index contributed by atoms with van der Waals surface area (Å²) in [6.07, 6.45) is 4.22. The highest BCUT2D eigenvalue weighted by Gasteiger charge is 2.23. The fraction of sp³-hybridized carbons (Fsp3) is 0.571. The van der Waals surface area contributed by atoms with Crippen molar-refractivity contribution < 1.29 is 8.78 Å². The van der Waals surface area contributed by atoms with E-state index in [0.29, 0.717) is 5.56 Å². The van der Waals surface area contributed by atoms with Gasteiger partial charge in [-0.2, -0.15) is 0 Å². The van der Waals surface area contributed by atoms with E-state index in [0.717, 1.165) is 32.2 Å². The van der Waals surface area contributed by atoms with Crippen molar-refractivity contribution in [3.05, 3.63) is 29.3 Å². The van der Waals surface area contributed by atoms with E-state index in [4.69, 9.17) is 11.6 Å². The van der Waals surface area contributed by atoms with Gasteiger partial charge in [-0.15, -0.1) is 11.6 Å². The van der Waals surface area contributed by atoms with Crippen LogP contribution in [0.1, 0.15) is 38.2 Å². The molecule has 1 aromatic carbocycles. The molecule has 1 fully saturated rings. The molecule has 0 aromatic heterocycles. The Morgan fingerprint density at radius 2 is 1.89 bits per heavy atom. The molecule has 0 N–H and O–H groups in total. The van der Waals surface area contributed by atoms with Gasteiger partial charge in [0.15, 0.2) is 0 Å². The Morgan fingerprint density at radius 3 is 2.50 bits per heavy atom. The van der Waals surface area contributed by atoms with E-state index in [1.165, 1.54) is 12.1 Å². The number of benzene rings is 1. The van der Waals surface area contributed by atoms with Gasteiger partial charge in [0.05, 0.1) is 0 Å². The van der Waals surface area contributed by atoms with Crippen molar-refractivity contribution in [2.24, 2.45) is 0 Å². The van der Waals surface area contributed by atoms with Crippen LogP contribution >= 0.6 is 11.6 Å². The molecular weight excluding hydrogens is 256 g/mol. The SMILES string of the molecule is CC1CCCCCN1c1c(F)cc(CCl)cc1F. The molecule has 1 unspecified atom stereocenters. The maximum atomic E-state index is 14.0. The Kier molecular flexibility index (Phi) is 4.44. The summed E-state index contributed by atoms with van der Waals surface area (Å²) in [6, 6.07) is 2.85. The van der Waals surface area contributed by atoms with Gasteiger partial charge >= 0.3 is 0 Å². The number of alkyl halides is 1. The summed E-state index contributed by atoms with van der Waals surface area (Å²) in [6.45, 7) is 2.74. The average molecular weight is 274 g/mol. The molecule has 0 bridgehead atoms. The summed E-state index contributed by atoms with van der Waals surface area (Å²) >= 11 is 5.62. The van der Waals surface area contributed by atoms with Crippen LogP contribution in [-0.4, -0.2) is 12.6 Å². The third-order valence-electron chi connectivity index (χ3n) is 3.57. The molecule has 100 valence electrons. The van der Waals surface area contributed by atoms with Gasteiger partial charge in [0.1, 0.15) is 17.3 Å². The molecule has 0 radical (unpaired) electrons. The summed E-state index contributed by atoms with van der Waals surface area (Å²) in [4.78, 5) is 1.86. The second kappa shape index (κ2) is 5.87. The lowest BCUT2D eigenvalue weighted by atomic mass is 10.1. The van der Waals surface area contributed by atoms with E-state index in [9.17, 15) is 8.78 Å². The van der Waals surface area contributed by atoms with Crippen LogP contribution in [-0.2, 0) is 5.88 Å². The molecule has 4 heteroatoms. The number of nitrogens with zero attached hydrogens (tertiary/aromatic N) is 1. The van der Waals surface area contributed by atoms with Crippen LogP contribution in [0.25, 0.3) is 0 Å². The van der Waals surface area contributed by atoms with Gasteiger partial charge in [-0.05, 0) is 37.5 Å². The first-order valence-electron chi connectivity index (χ1n) is 6.44. The smallest absolute Gasteiger partial charge is 0.149 e. The summed E-state index contributed by atoms with van der Waals surface area (Å²) in [7, 11) is 0. The predicted octanol–water partition coefficient (Wildman–Crippen LogP) is 4.47. The Bertz CT molecular complexity index is 399. The summed E-state index contributed by atoms with van der Waals surface area (Å²) in [5, 5.41) is 0. The van der Waals surface area contributed by atoms with Crippen LogP contribution in [0.15, 0.2) is 12.1 Å². The van der Waals surface area contributed by atoms with Crippen molar-refractivity contribution in [1.29, 1.82) is 0 Å². The third kappa shape index (κ3) is 2.77. The van der Waals surface area contributed by atoms with E-state index < -0.39 is 11.6 Å². The van der Waals surface area contributed by atoms with Crippen molar-refractivity contribution in [3.63, 3.8) is 0 Å². The molecular formula is C14H18ClF2N. The molecule has 1 saturated heterocycles. The zero-order valence-electron chi connectivity index (χ0n) is 10.6. The first-order valence-corrected chi connectivity index (χ1v) is 6.97. The quantitative estimate of drug-likeness (QED) is 0.719. The molecule has 1 atom stereocenters. The Labute approximate surface area is 112 Å². The minimum atomic E-state index is -0.501. The lowest BCUT2D eigenvalue weighted by Crippen LogP contribution is -2.34. The minimum absolute atomic E-state index is 0.110. The van der Waals surface area contributed by atoms with Crippen molar-refractivity contribution >= 4 is 17.3 Å². The van der Waals surface area contributed by atoms with E-state index in [1.807, 2.05) is 11.8 Å². The number of hydrogen-bond acceptors (Lipinski definition) is 1. The monoisotopic (exact) mass is 273 g/mol. The van der Waals surface area contributed by atoms with Gasteiger partial charge in [-0.1, -0.05) is 12.8 Å². The fourth-order valence-corrected chi connectivity index (χ4v) is 2.73. The number of anilines is 1. The standard InChI is InChI=1S/C14H18ClF2N/c1-10-5-3-2-4-6-18(10)14-12(16)7-11(9-15)8-13(14)17/h7-8,10H,2-6,9H2,1H3. The second-order valence-electron chi connectivity index (χ2n) is 4.93. The van der Waals surface area contributed by atoms with Gasteiger partial charge in [-0.25, -0.2) is 8.78 Å². The fourth-order valence-electron chi connectivity index (χ4n) is 2.58. The van der Waals surface area contributed by atoms with E-state index in [2.05, 4.69) is 0 Å². The van der Waals surface area contributed by atoms with Crippen LogP contribution in [0.4, 0.5) is 14.5 Å². The van der Waals surface area contributed by atoms with Gasteiger partial charge in [0.25, 0.3) is 0 Å². The molecule has 1 aliphatic rings. The van der Waals surface area contributed by atoms with Gasteiger partial charge in [-0.3, -0.25) is 0 Å². The minimum Gasteiger partial charge on any atom is -0.364 e. The van der Waals surface area contributed by atoms with Crippen LogP contribution in [0, 0.1) is 11.6 Å². The topological polar surface area (TPSA) is 3.24 Å². The summed E-state index contributed by atoms with van der Waals surface area (Å²) < 4.78 is 28.1. The number of halogens is 3. The highest BCUT2D eigenvalue weighted by Crippen LogP contribution is 2.30. The van der Waals surface area contributed by atoms with Crippen LogP contribution in [0.3, 0.4) is 0 Å². The molecule has 18 heavy (non-hydrogen) atoms. The lowest BCUT2D eigenvalue weighted by molar-refractivity contribution is 0.543. The van der Waals surface area contributed by atoms with Crippen molar-refractivity contribution in [2.75, 3.05) is 11.4 Å². The normalized spacial score (nSPS) is 20.9. The van der Waals surface area contributed by atoms with E-state index in [-0.39, 0.29) is 17.6 Å². The maximum Gasteiger partial charge on any atom is 0.149 e. The summed E-state index contributed by atoms with van der Waals surface area (Å²) in [5.74, 6) is -0.872.